The average Bonchev–Trinajstić information content (AvgIpc) is 2.96. The number of tetrazole rings is 1. The summed E-state index contributed by atoms with van der Waals surface area (Å²) in [6.07, 6.45) is 2.72. The lowest BCUT2D eigenvalue weighted by Crippen LogP contribution is -2.15. The van der Waals surface area contributed by atoms with Crippen LogP contribution < -0.4 is 15.5 Å². The van der Waals surface area contributed by atoms with Crippen LogP contribution in [0, 0.1) is 0 Å². The summed E-state index contributed by atoms with van der Waals surface area (Å²) in [7, 11) is 1.34. The summed E-state index contributed by atoms with van der Waals surface area (Å²) in [6, 6.07) is 4.35. The number of nitrogens with one attached hydrogen (secondary N) is 1. The van der Waals surface area contributed by atoms with Gasteiger partial charge in [0.25, 0.3) is 5.91 Å². The van der Waals surface area contributed by atoms with E-state index in [-0.39, 0.29) is 11.5 Å². The number of hydrogen-bond donors (Lipinski definition) is 1. The van der Waals surface area contributed by atoms with E-state index in [0.717, 1.165) is 12.3 Å². The fraction of sp³-hybridized carbons (Fsp3) is 0.0833. The molecule has 0 saturated heterocycles. The number of nitrogens with zero attached hydrogens (tertiary/aromatic N) is 4. The standard InChI is InChI=1S/C12H9N5O4/c1-20-10-6-21-9(5-8(10)18)12(19)13-7-3-2-4-17-11(7)14-15-16-17/h2-6H,1H3,(H,13,19). The summed E-state index contributed by atoms with van der Waals surface area (Å²) in [5.74, 6) is -0.712. The van der Waals surface area contributed by atoms with Gasteiger partial charge in [0.1, 0.15) is 6.26 Å². The van der Waals surface area contributed by atoms with Gasteiger partial charge in [-0.15, -0.1) is 5.10 Å². The first kappa shape index (κ1) is 12.8. The lowest BCUT2D eigenvalue weighted by molar-refractivity contribution is 0.0994. The molecule has 0 bridgehead atoms. The van der Waals surface area contributed by atoms with Crippen LogP contribution in [0.4, 0.5) is 5.69 Å². The lowest BCUT2D eigenvalue weighted by Gasteiger charge is -2.05. The minimum Gasteiger partial charge on any atom is -0.490 e. The quantitative estimate of drug-likeness (QED) is 0.739. The van der Waals surface area contributed by atoms with Crippen LogP contribution in [-0.4, -0.2) is 33.1 Å². The molecule has 0 atom stereocenters. The van der Waals surface area contributed by atoms with Crippen LogP contribution in [0.3, 0.4) is 0 Å². The van der Waals surface area contributed by atoms with Crippen LogP contribution >= 0.6 is 0 Å². The molecule has 1 amide bonds. The summed E-state index contributed by atoms with van der Waals surface area (Å²) in [4.78, 5) is 23.7. The molecule has 0 spiro atoms. The third-order valence-electron chi connectivity index (χ3n) is 2.71. The van der Waals surface area contributed by atoms with Crippen molar-refractivity contribution >= 4 is 17.2 Å². The van der Waals surface area contributed by atoms with Crippen LogP contribution in [0.25, 0.3) is 5.65 Å². The van der Waals surface area contributed by atoms with Crippen molar-refractivity contribution in [1.82, 2.24) is 20.0 Å². The van der Waals surface area contributed by atoms with Gasteiger partial charge in [0, 0.05) is 12.3 Å². The lowest BCUT2D eigenvalue weighted by atomic mass is 10.3. The van der Waals surface area contributed by atoms with Gasteiger partial charge >= 0.3 is 0 Å². The van der Waals surface area contributed by atoms with Crippen molar-refractivity contribution in [3.8, 4) is 5.75 Å². The Morgan fingerprint density at radius 1 is 1.48 bits per heavy atom. The molecule has 0 aliphatic carbocycles. The van der Waals surface area contributed by atoms with Crippen molar-refractivity contribution in [1.29, 1.82) is 0 Å². The van der Waals surface area contributed by atoms with Crippen molar-refractivity contribution in [2.75, 3.05) is 12.4 Å². The molecule has 9 heteroatoms. The highest BCUT2D eigenvalue weighted by atomic mass is 16.5. The molecule has 3 heterocycles. The predicted molar refractivity (Wildman–Crippen MR) is 70.3 cm³/mol. The Morgan fingerprint density at radius 2 is 2.33 bits per heavy atom. The molecule has 21 heavy (non-hydrogen) atoms. The molecule has 0 unspecified atom stereocenters. The number of aromatic nitrogens is 4. The maximum atomic E-state index is 12.1. The van der Waals surface area contributed by atoms with E-state index in [1.165, 1.54) is 11.6 Å². The van der Waals surface area contributed by atoms with Gasteiger partial charge in [-0.1, -0.05) is 0 Å². The second-order valence-electron chi connectivity index (χ2n) is 4.00. The summed E-state index contributed by atoms with van der Waals surface area (Å²) in [5.41, 5.74) is 0.323. The molecule has 106 valence electrons. The van der Waals surface area contributed by atoms with E-state index >= 15 is 0 Å². The zero-order chi connectivity index (χ0) is 14.8. The van der Waals surface area contributed by atoms with E-state index in [1.807, 2.05) is 0 Å². The zero-order valence-corrected chi connectivity index (χ0v) is 10.8. The van der Waals surface area contributed by atoms with Gasteiger partial charge in [0.15, 0.2) is 5.76 Å². The summed E-state index contributed by atoms with van der Waals surface area (Å²) in [5, 5.41) is 13.6. The molecule has 0 radical (unpaired) electrons. The van der Waals surface area contributed by atoms with E-state index in [2.05, 4.69) is 20.8 Å². The largest absolute Gasteiger partial charge is 0.490 e. The zero-order valence-electron chi connectivity index (χ0n) is 10.8. The van der Waals surface area contributed by atoms with Crippen LogP contribution in [0.15, 0.2) is 39.9 Å². The Labute approximate surface area is 117 Å². The van der Waals surface area contributed by atoms with E-state index < -0.39 is 11.3 Å². The van der Waals surface area contributed by atoms with Crippen LogP contribution in [0.1, 0.15) is 10.6 Å². The first-order valence-corrected chi connectivity index (χ1v) is 5.84. The molecule has 3 aromatic rings. The number of anilines is 1. The minimum atomic E-state index is -0.592. The highest BCUT2D eigenvalue weighted by molar-refractivity contribution is 6.04. The number of pyridine rings is 1. The fourth-order valence-corrected chi connectivity index (χ4v) is 1.72. The van der Waals surface area contributed by atoms with Gasteiger partial charge in [-0.3, -0.25) is 9.59 Å². The van der Waals surface area contributed by atoms with Gasteiger partial charge in [-0.05, 0) is 22.6 Å². The number of carbonyl (C=O) groups is 1. The van der Waals surface area contributed by atoms with Crippen molar-refractivity contribution in [2.24, 2.45) is 0 Å². The van der Waals surface area contributed by atoms with Crippen molar-refractivity contribution in [3.05, 3.63) is 46.6 Å². The number of fused-ring (bicyclic) bond motifs is 1. The molecule has 0 aromatic carbocycles. The first-order chi connectivity index (χ1) is 10.2. The van der Waals surface area contributed by atoms with Crippen molar-refractivity contribution in [2.45, 2.75) is 0 Å². The van der Waals surface area contributed by atoms with Crippen molar-refractivity contribution in [3.63, 3.8) is 0 Å². The van der Waals surface area contributed by atoms with Crippen LogP contribution in [0.2, 0.25) is 0 Å². The van der Waals surface area contributed by atoms with Crippen LogP contribution in [0.5, 0.6) is 5.75 Å². The van der Waals surface area contributed by atoms with Gasteiger partial charge in [-0.25, -0.2) is 0 Å². The topological polar surface area (TPSA) is 112 Å². The van der Waals surface area contributed by atoms with Gasteiger partial charge in [-0.2, -0.15) is 4.52 Å². The van der Waals surface area contributed by atoms with Gasteiger partial charge < -0.3 is 14.5 Å². The molecule has 0 saturated carbocycles. The summed E-state index contributed by atoms with van der Waals surface area (Å²) in [6.45, 7) is 0. The summed E-state index contributed by atoms with van der Waals surface area (Å²) < 4.78 is 11.2. The predicted octanol–water partition coefficient (Wildman–Crippen LogP) is 0.338. The number of amides is 1. The molecular weight excluding hydrogens is 278 g/mol. The monoisotopic (exact) mass is 287 g/mol. The molecule has 3 rings (SSSR count). The van der Waals surface area contributed by atoms with E-state index in [1.54, 1.807) is 18.3 Å². The Morgan fingerprint density at radius 3 is 3.10 bits per heavy atom. The maximum Gasteiger partial charge on any atom is 0.291 e. The van der Waals surface area contributed by atoms with Crippen molar-refractivity contribution < 1.29 is 13.9 Å². The highest BCUT2D eigenvalue weighted by Crippen LogP contribution is 2.14. The number of methoxy groups -OCH3 is 1. The second kappa shape index (κ2) is 5.04. The highest BCUT2D eigenvalue weighted by Gasteiger charge is 2.14. The SMILES string of the molecule is COc1coc(C(=O)Nc2cccn3nnnc23)cc1=O. The normalized spacial score (nSPS) is 10.5. The number of carbonyl (C=O) groups excluding carboxylic acids is 1. The number of ether oxygens (including phenoxy) is 1. The van der Waals surface area contributed by atoms with Gasteiger partial charge in [0.05, 0.1) is 12.8 Å². The Bertz CT molecular complexity index is 869. The smallest absolute Gasteiger partial charge is 0.291 e. The van der Waals surface area contributed by atoms with E-state index in [4.69, 9.17) is 9.15 Å². The minimum absolute atomic E-state index is 0.0234. The van der Waals surface area contributed by atoms with Gasteiger partial charge in [0.2, 0.25) is 16.8 Å². The molecular formula is C12H9N5O4. The molecule has 0 aliphatic heterocycles. The summed E-state index contributed by atoms with van der Waals surface area (Å²) >= 11 is 0. The van der Waals surface area contributed by atoms with Crippen LogP contribution in [-0.2, 0) is 0 Å². The fourth-order valence-electron chi connectivity index (χ4n) is 1.72. The molecule has 1 N–H and O–H groups in total. The second-order valence-corrected chi connectivity index (χ2v) is 4.00. The maximum absolute atomic E-state index is 12.1. The Hall–Kier alpha value is -3.23. The third kappa shape index (κ3) is 2.31. The average molecular weight is 287 g/mol. The molecule has 0 fully saturated rings. The third-order valence-corrected chi connectivity index (χ3v) is 2.71. The Balaban J connectivity index is 1.91. The Kier molecular flexibility index (Phi) is 3.07. The molecule has 0 aliphatic rings. The number of rotatable bonds is 3. The molecule has 3 aromatic heterocycles. The molecule has 9 nitrogen and oxygen atoms in total. The first-order valence-electron chi connectivity index (χ1n) is 5.84. The number of hydrogen-bond acceptors (Lipinski definition) is 7. The van der Waals surface area contributed by atoms with E-state index in [0.29, 0.717) is 11.3 Å². The van der Waals surface area contributed by atoms with E-state index in [9.17, 15) is 9.59 Å².